The zero-order chi connectivity index (χ0) is 17.3. The number of hydrogen-bond acceptors (Lipinski definition) is 10. The average molecular weight is 340 g/mol. The van der Waals surface area contributed by atoms with E-state index in [9.17, 15) is 30.3 Å². The van der Waals surface area contributed by atoms with E-state index in [4.69, 9.17) is 24.1 Å². The average Bonchev–Trinajstić information content (AvgIpc) is 2.51. The van der Waals surface area contributed by atoms with Gasteiger partial charge in [0.2, 0.25) is 0 Å². The number of aliphatic hydroxyl groups excluding tert-OH is 5. The molecule has 11 heteroatoms. The Morgan fingerprint density at radius 1 is 1.04 bits per heavy atom. The first-order chi connectivity index (χ1) is 10.8. The van der Waals surface area contributed by atoms with E-state index in [2.05, 4.69) is 0 Å². The Morgan fingerprint density at radius 2 is 1.70 bits per heavy atom. The monoisotopic (exact) mass is 340 g/mol. The molecule has 23 heavy (non-hydrogen) atoms. The summed E-state index contributed by atoms with van der Waals surface area (Å²) in [6.07, 6.45) is -14.1. The van der Waals surface area contributed by atoms with E-state index < -0.39 is 61.3 Å². The standard InChI is InChI=1S/C12H20O11/c1-20-7-5(15)6(16)12(23-9(7)10(17)18)22-8-4(14)3(13)2-21-11(8)19/h3-9,11-16,19H,2H2,1H3,(H,17,18)/t3-,4+,5-,6-,7+,8-,9+,11?,12+/m1/s1. The molecular weight excluding hydrogens is 320 g/mol. The SMILES string of the molecule is CO[C@H]1[C@H](O)[C@@H](O)[C@@H](O[C@H]2C(O)OC[C@@H](O)[C@@H]2O)O[C@@H]1C(=O)O. The van der Waals surface area contributed by atoms with Crippen LogP contribution in [0.4, 0.5) is 0 Å². The third kappa shape index (κ3) is 3.63. The van der Waals surface area contributed by atoms with E-state index in [-0.39, 0.29) is 6.61 Å². The van der Waals surface area contributed by atoms with Crippen LogP contribution in [0.3, 0.4) is 0 Å². The largest absolute Gasteiger partial charge is 0.479 e. The van der Waals surface area contributed by atoms with Crippen LogP contribution < -0.4 is 0 Å². The molecule has 9 atom stereocenters. The number of ether oxygens (including phenoxy) is 4. The Morgan fingerprint density at radius 3 is 2.26 bits per heavy atom. The molecular formula is C12H20O11. The normalized spacial score (nSPS) is 48.2. The van der Waals surface area contributed by atoms with Crippen molar-refractivity contribution in [2.24, 2.45) is 0 Å². The lowest BCUT2D eigenvalue weighted by Gasteiger charge is -2.43. The summed E-state index contributed by atoms with van der Waals surface area (Å²) in [6, 6.07) is 0. The molecule has 2 aliphatic heterocycles. The molecule has 2 aliphatic rings. The van der Waals surface area contributed by atoms with Crippen molar-refractivity contribution in [1.82, 2.24) is 0 Å². The van der Waals surface area contributed by atoms with Crippen LogP contribution in [0.15, 0.2) is 0 Å². The minimum atomic E-state index is -1.71. The smallest absolute Gasteiger partial charge is 0.335 e. The minimum absolute atomic E-state index is 0.331. The van der Waals surface area contributed by atoms with Gasteiger partial charge in [-0.1, -0.05) is 0 Å². The minimum Gasteiger partial charge on any atom is -0.479 e. The van der Waals surface area contributed by atoms with Crippen LogP contribution in [0.25, 0.3) is 0 Å². The van der Waals surface area contributed by atoms with Gasteiger partial charge in [-0.3, -0.25) is 0 Å². The van der Waals surface area contributed by atoms with Crippen LogP contribution in [0.1, 0.15) is 0 Å². The van der Waals surface area contributed by atoms with Gasteiger partial charge in [0, 0.05) is 7.11 Å². The van der Waals surface area contributed by atoms with Crippen molar-refractivity contribution < 1.29 is 54.4 Å². The maximum atomic E-state index is 11.2. The molecule has 0 aromatic heterocycles. The zero-order valence-electron chi connectivity index (χ0n) is 12.1. The maximum absolute atomic E-state index is 11.2. The molecule has 2 heterocycles. The highest BCUT2D eigenvalue weighted by Gasteiger charge is 2.51. The molecule has 0 aromatic rings. The van der Waals surface area contributed by atoms with Gasteiger partial charge in [0.1, 0.15) is 36.6 Å². The molecule has 2 saturated heterocycles. The lowest BCUT2D eigenvalue weighted by molar-refractivity contribution is -0.348. The molecule has 0 aromatic carbocycles. The molecule has 0 bridgehead atoms. The molecule has 0 spiro atoms. The van der Waals surface area contributed by atoms with E-state index in [1.54, 1.807) is 0 Å². The molecule has 2 rings (SSSR count). The fraction of sp³-hybridized carbons (Fsp3) is 0.917. The van der Waals surface area contributed by atoms with Gasteiger partial charge in [-0.25, -0.2) is 4.79 Å². The Labute approximate surface area is 130 Å². The number of carboxylic acid groups (broad SMARTS) is 1. The molecule has 134 valence electrons. The number of aliphatic carboxylic acids is 1. The predicted octanol–water partition coefficient (Wildman–Crippen LogP) is -4.01. The molecule has 11 nitrogen and oxygen atoms in total. The molecule has 0 saturated carbocycles. The second-order valence-corrected chi connectivity index (χ2v) is 5.33. The molecule has 1 unspecified atom stereocenters. The van der Waals surface area contributed by atoms with Gasteiger partial charge in [0.05, 0.1) is 6.61 Å². The van der Waals surface area contributed by atoms with Gasteiger partial charge < -0.3 is 49.6 Å². The highest BCUT2D eigenvalue weighted by Crippen LogP contribution is 2.27. The van der Waals surface area contributed by atoms with Gasteiger partial charge in [-0.2, -0.15) is 0 Å². The van der Waals surface area contributed by atoms with Crippen LogP contribution in [0.5, 0.6) is 0 Å². The quantitative estimate of drug-likeness (QED) is 0.294. The first-order valence-electron chi connectivity index (χ1n) is 6.86. The maximum Gasteiger partial charge on any atom is 0.335 e. The van der Waals surface area contributed by atoms with E-state index in [0.717, 1.165) is 7.11 Å². The van der Waals surface area contributed by atoms with Crippen LogP contribution in [0, 0.1) is 0 Å². The predicted molar refractivity (Wildman–Crippen MR) is 68.0 cm³/mol. The summed E-state index contributed by atoms with van der Waals surface area (Å²) in [6.45, 7) is -0.331. The van der Waals surface area contributed by atoms with Crippen LogP contribution in [0.2, 0.25) is 0 Å². The van der Waals surface area contributed by atoms with Gasteiger partial charge in [-0.15, -0.1) is 0 Å². The summed E-state index contributed by atoms with van der Waals surface area (Å²) in [5, 5.41) is 58.0. The number of carbonyl (C=O) groups is 1. The number of methoxy groups -OCH3 is 1. The third-order valence-electron chi connectivity index (χ3n) is 3.80. The number of aliphatic hydroxyl groups is 5. The van der Waals surface area contributed by atoms with Gasteiger partial charge >= 0.3 is 5.97 Å². The Balaban J connectivity index is 2.13. The number of hydrogen-bond donors (Lipinski definition) is 6. The fourth-order valence-electron chi connectivity index (χ4n) is 2.49. The Bertz CT molecular complexity index is 418. The van der Waals surface area contributed by atoms with Gasteiger partial charge in [0.25, 0.3) is 0 Å². The molecule has 0 radical (unpaired) electrons. The van der Waals surface area contributed by atoms with Crippen molar-refractivity contribution in [3.05, 3.63) is 0 Å². The fourth-order valence-corrected chi connectivity index (χ4v) is 2.49. The third-order valence-corrected chi connectivity index (χ3v) is 3.80. The highest BCUT2D eigenvalue weighted by molar-refractivity contribution is 5.73. The van der Waals surface area contributed by atoms with Crippen molar-refractivity contribution in [2.45, 2.75) is 55.3 Å². The Hall–Kier alpha value is -0.890. The van der Waals surface area contributed by atoms with Crippen LogP contribution in [-0.4, -0.2) is 106 Å². The Kier molecular flexibility index (Phi) is 5.89. The topological polar surface area (TPSA) is 175 Å². The van der Waals surface area contributed by atoms with Gasteiger partial charge in [-0.05, 0) is 0 Å². The van der Waals surface area contributed by atoms with Crippen LogP contribution >= 0.6 is 0 Å². The van der Waals surface area contributed by atoms with Crippen LogP contribution in [-0.2, 0) is 23.7 Å². The van der Waals surface area contributed by atoms with Crippen molar-refractivity contribution in [3.8, 4) is 0 Å². The van der Waals surface area contributed by atoms with E-state index in [1.807, 2.05) is 0 Å². The van der Waals surface area contributed by atoms with E-state index in [1.165, 1.54) is 0 Å². The van der Waals surface area contributed by atoms with Crippen molar-refractivity contribution >= 4 is 5.97 Å². The van der Waals surface area contributed by atoms with Crippen molar-refractivity contribution in [2.75, 3.05) is 13.7 Å². The van der Waals surface area contributed by atoms with E-state index in [0.29, 0.717) is 0 Å². The zero-order valence-corrected chi connectivity index (χ0v) is 12.1. The number of carboxylic acids is 1. The lowest BCUT2D eigenvalue weighted by atomic mass is 9.98. The summed E-state index contributed by atoms with van der Waals surface area (Å²) in [5.41, 5.74) is 0. The molecule has 0 amide bonds. The van der Waals surface area contributed by atoms with Crippen molar-refractivity contribution in [3.63, 3.8) is 0 Å². The second kappa shape index (κ2) is 7.34. The van der Waals surface area contributed by atoms with Crippen molar-refractivity contribution in [1.29, 1.82) is 0 Å². The lowest BCUT2D eigenvalue weighted by Crippen LogP contribution is -2.63. The number of rotatable bonds is 4. The summed E-state index contributed by atoms with van der Waals surface area (Å²) in [7, 11) is 1.14. The summed E-state index contributed by atoms with van der Waals surface area (Å²) in [4.78, 5) is 11.2. The van der Waals surface area contributed by atoms with Gasteiger partial charge in [0.15, 0.2) is 18.7 Å². The summed E-state index contributed by atoms with van der Waals surface area (Å²) >= 11 is 0. The first kappa shape index (κ1) is 18.4. The summed E-state index contributed by atoms with van der Waals surface area (Å²) < 4.78 is 19.8. The molecule has 0 aliphatic carbocycles. The first-order valence-corrected chi connectivity index (χ1v) is 6.86. The highest BCUT2D eigenvalue weighted by atomic mass is 16.7. The second-order valence-electron chi connectivity index (χ2n) is 5.33. The van der Waals surface area contributed by atoms with E-state index >= 15 is 0 Å². The molecule has 2 fully saturated rings. The summed E-state index contributed by atoms with van der Waals surface area (Å²) in [5.74, 6) is -1.46. The molecule has 6 N–H and O–H groups in total.